The van der Waals surface area contributed by atoms with Gasteiger partial charge in [0.2, 0.25) is 0 Å². The Morgan fingerprint density at radius 2 is 1.44 bits per heavy atom. The van der Waals surface area contributed by atoms with Crippen molar-refractivity contribution in [2.24, 2.45) is 16.8 Å². The molecule has 2 fully saturated rings. The average molecular weight is 715 g/mol. The van der Waals surface area contributed by atoms with Crippen LogP contribution in [0.2, 0.25) is 0 Å². The lowest BCUT2D eigenvalue weighted by atomic mass is 9.65. The molecule has 0 saturated heterocycles. The smallest absolute Gasteiger partial charge is 0.132 e. The zero-order valence-electron chi connectivity index (χ0n) is 31.8. The summed E-state index contributed by atoms with van der Waals surface area (Å²) in [5.41, 5.74) is 10.7. The predicted octanol–water partition coefficient (Wildman–Crippen LogP) is 13.8. The van der Waals surface area contributed by atoms with Crippen molar-refractivity contribution in [3.05, 3.63) is 175 Å². The van der Waals surface area contributed by atoms with Crippen LogP contribution in [0, 0.1) is 11.8 Å². The van der Waals surface area contributed by atoms with Crippen LogP contribution in [0.15, 0.2) is 163 Å². The molecule has 2 nitrogen and oxygen atoms in total. The van der Waals surface area contributed by atoms with Gasteiger partial charge in [-0.25, -0.2) is 0 Å². The molecule has 4 unspecified atom stereocenters. The predicted molar refractivity (Wildman–Crippen MR) is 236 cm³/mol. The number of benzene rings is 5. The van der Waals surface area contributed by atoms with Crippen LogP contribution in [0.25, 0.3) is 44.3 Å². The van der Waals surface area contributed by atoms with Gasteiger partial charge in [-0.05, 0) is 135 Å². The van der Waals surface area contributed by atoms with Gasteiger partial charge in [-0.2, -0.15) is 0 Å². The van der Waals surface area contributed by atoms with Gasteiger partial charge in [0, 0.05) is 5.69 Å². The van der Waals surface area contributed by atoms with Crippen LogP contribution in [0.4, 0.5) is 5.69 Å². The van der Waals surface area contributed by atoms with Gasteiger partial charge in [0.15, 0.2) is 0 Å². The third-order valence-electron chi connectivity index (χ3n) is 13.3. The molecule has 5 atom stereocenters. The standard InChI is InChI=1S/C53H50N2/c1-2-3-14-36-15-13-18-42(33-36)52-46-22-10-9-21-45(46)51(43-30-27-37-16-7-8-17-40(37)34-43)47-32-31-41(35-48(47)52)38-25-28-39(29-26-38)53-54-49-23-11-12-24-50(49)55(53)44-19-5-4-6-20-44/h2-6,9-15,18-25,28,31-33,35,37,40,43,49-50H,1,7-8,16-17,26-27,29-30,34H2/b14-3-/t37-,40?,43?,49?,50?/m1/s1. The van der Waals surface area contributed by atoms with E-state index in [4.69, 9.17) is 4.99 Å². The zero-order valence-corrected chi connectivity index (χ0v) is 31.8. The van der Waals surface area contributed by atoms with Crippen LogP contribution < -0.4 is 4.90 Å². The maximum absolute atomic E-state index is 5.31. The third kappa shape index (κ3) is 6.26. The molecule has 272 valence electrons. The van der Waals surface area contributed by atoms with Gasteiger partial charge in [0.1, 0.15) is 5.84 Å². The summed E-state index contributed by atoms with van der Waals surface area (Å²) in [4.78, 5) is 7.75. The Labute approximate surface area is 326 Å². The highest BCUT2D eigenvalue weighted by Crippen LogP contribution is 2.51. The molecule has 5 aliphatic rings. The van der Waals surface area contributed by atoms with Crippen LogP contribution in [0.5, 0.6) is 0 Å². The number of para-hydroxylation sites is 1. The van der Waals surface area contributed by atoms with E-state index in [1.54, 1.807) is 5.56 Å². The highest BCUT2D eigenvalue weighted by atomic mass is 15.3. The molecule has 4 aliphatic carbocycles. The summed E-state index contributed by atoms with van der Waals surface area (Å²) in [6, 6.07) is 37.0. The molecule has 5 aromatic rings. The van der Waals surface area contributed by atoms with Gasteiger partial charge >= 0.3 is 0 Å². The molecule has 0 N–H and O–H groups in total. The number of rotatable bonds is 7. The van der Waals surface area contributed by atoms with Gasteiger partial charge < -0.3 is 4.90 Å². The average Bonchev–Trinajstić information content (AvgIpc) is 3.65. The SMILES string of the molecule is C=C/C=C\c1cccc(-c2c3ccccc3c(C3CC[C@H]4CCCCC4C3)c3ccc(C4=CC=C(C5=NC6C=CC=CC6N5c5ccccc5)CC4)cc23)c1. The molecule has 0 spiro atoms. The molecule has 0 radical (unpaired) electrons. The molecule has 0 aromatic heterocycles. The Hall–Kier alpha value is -5.47. The topological polar surface area (TPSA) is 15.6 Å². The molecule has 0 amide bonds. The minimum absolute atomic E-state index is 0.147. The van der Waals surface area contributed by atoms with Crippen molar-refractivity contribution in [2.75, 3.05) is 4.90 Å². The molecular weight excluding hydrogens is 665 g/mol. The third-order valence-corrected chi connectivity index (χ3v) is 13.3. The van der Waals surface area contributed by atoms with E-state index in [-0.39, 0.29) is 12.1 Å². The maximum Gasteiger partial charge on any atom is 0.132 e. The van der Waals surface area contributed by atoms with E-state index < -0.39 is 0 Å². The van der Waals surface area contributed by atoms with Crippen molar-refractivity contribution in [2.45, 2.75) is 75.8 Å². The summed E-state index contributed by atoms with van der Waals surface area (Å²) in [5, 5.41) is 5.65. The van der Waals surface area contributed by atoms with Crippen molar-refractivity contribution in [3.63, 3.8) is 0 Å². The molecule has 0 bridgehead atoms. The van der Waals surface area contributed by atoms with Crippen molar-refractivity contribution < 1.29 is 0 Å². The van der Waals surface area contributed by atoms with Crippen LogP contribution in [-0.2, 0) is 0 Å². The van der Waals surface area contributed by atoms with Crippen molar-refractivity contribution in [3.8, 4) is 11.1 Å². The number of allylic oxidation sites excluding steroid dienone is 7. The van der Waals surface area contributed by atoms with Crippen LogP contribution in [0.3, 0.4) is 0 Å². The first-order valence-electron chi connectivity index (χ1n) is 20.8. The fraction of sp³-hybridized carbons (Fsp3) is 0.264. The van der Waals surface area contributed by atoms with Crippen LogP contribution in [0.1, 0.15) is 80.4 Å². The lowest BCUT2D eigenvalue weighted by Gasteiger charge is -2.40. The Kier molecular flexibility index (Phi) is 9.07. The van der Waals surface area contributed by atoms with Crippen LogP contribution >= 0.6 is 0 Å². The highest BCUT2D eigenvalue weighted by molar-refractivity contribution is 6.16. The fourth-order valence-electron chi connectivity index (χ4n) is 10.7. The van der Waals surface area contributed by atoms with E-state index in [9.17, 15) is 0 Å². The van der Waals surface area contributed by atoms with Crippen molar-refractivity contribution in [1.82, 2.24) is 0 Å². The molecular formula is C53H50N2. The molecule has 55 heavy (non-hydrogen) atoms. The molecule has 5 aromatic carbocycles. The summed E-state index contributed by atoms with van der Waals surface area (Å²) in [5.74, 6) is 3.52. The monoisotopic (exact) mass is 714 g/mol. The molecule has 2 heteroatoms. The first kappa shape index (κ1) is 34.1. The highest BCUT2D eigenvalue weighted by Gasteiger charge is 2.37. The second kappa shape index (κ2) is 14.6. The Morgan fingerprint density at radius 3 is 2.29 bits per heavy atom. The van der Waals surface area contributed by atoms with Crippen LogP contribution in [-0.4, -0.2) is 17.9 Å². The number of nitrogens with zero attached hydrogens (tertiary/aromatic N) is 2. The van der Waals surface area contributed by atoms with Crippen molar-refractivity contribution in [1.29, 1.82) is 0 Å². The second-order valence-electron chi connectivity index (χ2n) is 16.4. The summed E-state index contributed by atoms with van der Waals surface area (Å²) in [6.45, 7) is 3.92. The van der Waals surface area contributed by atoms with E-state index in [1.807, 2.05) is 12.2 Å². The van der Waals surface area contributed by atoms with E-state index >= 15 is 0 Å². The van der Waals surface area contributed by atoms with Gasteiger partial charge in [-0.3, -0.25) is 4.99 Å². The second-order valence-corrected chi connectivity index (χ2v) is 16.4. The Balaban J connectivity index is 1.10. The van der Waals surface area contributed by atoms with Crippen molar-refractivity contribution >= 4 is 44.7 Å². The minimum atomic E-state index is 0.147. The lowest BCUT2D eigenvalue weighted by Crippen LogP contribution is -2.39. The quantitative estimate of drug-likeness (QED) is 0.121. The number of hydrogen-bond acceptors (Lipinski definition) is 2. The molecule has 10 rings (SSSR count). The van der Waals surface area contributed by atoms with Gasteiger partial charge in [-0.1, -0.05) is 160 Å². The summed E-state index contributed by atoms with van der Waals surface area (Å²) in [7, 11) is 0. The first-order valence-corrected chi connectivity index (χ1v) is 20.8. The molecule has 1 heterocycles. The minimum Gasteiger partial charge on any atom is -0.317 e. The van der Waals surface area contributed by atoms with Gasteiger partial charge in [0.25, 0.3) is 0 Å². The largest absolute Gasteiger partial charge is 0.317 e. The molecule has 1 aliphatic heterocycles. The normalized spacial score (nSPS) is 24.8. The van der Waals surface area contributed by atoms with E-state index in [1.165, 1.54) is 106 Å². The Morgan fingerprint density at radius 1 is 0.655 bits per heavy atom. The first-order chi connectivity index (χ1) is 27.2. The summed E-state index contributed by atoms with van der Waals surface area (Å²) < 4.78 is 0. The number of anilines is 1. The zero-order chi connectivity index (χ0) is 36.7. The summed E-state index contributed by atoms with van der Waals surface area (Å²) >= 11 is 0. The fourth-order valence-corrected chi connectivity index (χ4v) is 10.7. The number of aliphatic imine (C=N–C) groups is 1. The lowest BCUT2D eigenvalue weighted by molar-refractivity contribution is 0.156. The van der Waals surface area contributed by atoms with E-state index in [2.05, 4.69) is 151 Å². The summed E-state index contributed by atoms with van der Waals surface area (Å²) in [6.07, 6.45) is 31.3. The Bertz CT molecular complexity index is 2470. The van der Waals surface area contributed by atoms with Gasteiger partial charge in [-0.15, -0.1) is 0 Å². The maximum atomic E-state index is 5.31. The van der Waals surface area contributed by atoms with E-state index in [0.29, 0.717) is 5.92 Å². The number of fused-ring (bicyclic) bond motifs is 4. The number of hydrogen-bond donors (Lipinski definition) is 0. The number of amidine groups is 1. The van der Waals surface area contributed by atoms with Gasteiger partial charge in [0.05, 0.1) is 12.1 Å². The van der Waals surface area contributed by atoms with E-state index in [0.717, 1.165) is 30.5 Å². The molecule has 2 saturated carbocycles.